The molecule has 0 bridgehead atoms. The van der Waals surface area contributed by atoms with Crippen molar-refractivity contribution in [3.8, 4) is 0 Å². The van der Waals surface area contributed by atoms with E-state index in [0.717, 1.165) is 16.0 Å². The van der Waals surface area contributed by atoms with Crippen molar-refractivity contribution in [2.75, 3.05) is 0 Å². The van der Waals surface area contributed by atoms with Crippen molar-refractivity contribution >= 4 is 28.4 Å². The fourth-order valence-corrected chi connectivity index (χ4v) is 5.62. The topological polar surface area (TPSA) is 78.4 Å². The van der Waals surface area contributed by atoms with E-state index in [9.17, 15) is 14.0 Å². The highest BCUT2D eigenvalue weighted by atomic mass is 35.7. The van der Waals surface area contributed by atoms with E-state index >= 15 is 0 Å². The molecule has 2 aromatic carbocycles. The average Bonchev–Trinajstić information content (AvgIpc) is 2.92. The molecule has 0 radical (unpaired) electrons. The predicted octanol–water partition coefficient (Wildman–Crippen LogP) is 1.50. The molecule has 2 aromatic rings. The number of hydrogen-bond acceptors (Lipinski definition) is 6. The fraction of sp³-hybridized carbons (Fsp3) is 0.125. The van der Waals surface area contributed by atoms with E-state index in [1.54, 1.807) is 12.1 Å². The van der Waals surface area contributed by atoms with Gasteiger partial charge in [-0.05, 0) is 17.9 Å². The summed E-state index contributed by atoms with van der Waals surface area (Å²) in [5, 5.41) is 1.82. The molecule has 0 spiro atoms. The molecule has 1 heterocycles. The lowest BCUT2D eigenvalue weighted by molar-refractivity contribution is -1.92. The highest BCUT2D eigenvalue weighted by molar-refractivity contribution is 8.26. The number of thioether (sulfide) groups is 2. The molecule has 0 fully saturated rings. The molecule has 0 saturated carbocycles. The maximum absolute atomic E-state index is 11.2. The van der Waals surface area contributed by atoms with Crippen LogP contribution in [-0.2, 0) is 8.55 Å². The lowest BCUT2D eigenvalue weighted by atomic mass is 10.2. The lowest BCUT2D eigenvalue weighted by Crippen LogP contribution is -2.63. The van der Waals surface area contributed by atoms with Gasteiger partial charge in [-0.3, -0.25) is 0 Å². The Morgan fingerprint density at radius 2 is 1.61 bits per heavy atom. The molecule has 0 aliphatic carbocycles. The van der Waals surface area contributed by atoms with Gasteiger partial charge in [0.15, 0.2) is 0 Å². The summed E-state index contributed by atoms with van der Waals surface area (Å²) in [6, 6.07) is 16.8. The molecule has 0 saturated heterocycles. The lowest BCUT2D eigenvalue weighted by Gasteiger charge is -2.25. The number of halogens is 1. The Hall–Kier alpha value is -0.990. The summed E-state index contributed by atoms with van der Waals surface area (Å²) < 4.78 is 37.3. The van der Waals surface area contributed by atoms with Crippen LogP contribution in [0.4, 0.5) is 0 Å². The molecule has 1 atom stereocenters. The standard InChI is InChI=1S/C16H13ClO4S2/c1-12-7-9-14(10-8-12)16(21-17(18,19)20)22-11-15(23-16)13-5-3-2-4-6-13/h2-11H,1H3. The van der Waals surface area contributed by atoms with Crippen molar-refractivity contribution in [2.45, 2.75) is 11.2 Å². The van der Waals surface area contributed by atoms with Crippen molar-refractivity contribution in [1.82, 2.24) is 0 Å². The highest BCUT2D eigenvalue weighted by Gasteiger charge is 2.53. The molecule has 23 heavy (non-hydrogen) atoms. The maximum atomic E-state index is 11.2. The zero-order valence-corrected chi connectivity index (χ0v) is 14.5. The molecule has 3 rings (SSSR count). The van der Waals surface area contributed by atoms with E-state index < -0.39 is 14.5 Å². The van der Waals surface area contributed by atoms with E-state index in [2.05, 4.69) is 0 Å². The Kier molecular flexibility index (Phi) is 4.75. The predicted molar refractivity (Wildman–Crippen MR) is 83.5 cm³/mol. The summed E-state index contributed by atoms with van der Waals surface area (Å²) in [4.78, 5) is 0.857. The SMILES string of the molecule is Cc1ccc(C2(O[Cl+3]([O-])([O-])[O-])SC=C(c3ccccc3)S2)cc1. The van der Waals surface area contributed by atoms with Crippen LogP contribution < -0.4 is 14.0 Å². The van der Waals surface area contributed by atoms with E-state index in [0.29, 0.717) is 5.56 Å². The summed E-state index contributed by atoms with van der Waals surface area (Å²) in [6.45, 7) is 1.93. The van der Waals surface area contributed by atoms with Crippen molar-refractivity contribution in [3.05, 3.63) is 76.7 Å². The van der Waals surface area contributed by atoms with Crippen LogP contribution in [0, 0.1) is 17.2 Å². The van der Waals surface area contributed by atoms with E-state index in [1.807, 2.05) is 54.8 Å². The average molecular weight is 369 g/mol. The van der Waals surface area contributed by atoms with Gasteiger partial charge in [0.05, 0.1) is 10.2 Å². The third-order valence-electron chi connectivity index (χ3n) is 3.22. The minimum absolute atomic E-state index is 0.618. The largest absolute Gasteiger partial charge is 0.348 e. The van der Waals surface area contributed by atoms with E-state index in [-0.39, 0.29) is 0 Å². The number of benzene rings is 2. The normalized spacial score (nSPS) is 21.3. The first-order valence-corrected chi connectivity index (χ1v) is 9.62. The van der Waals surface area contributed by atoms with Gasteiger partial charge in [-0.15, -0.1) is 0 Å². The first kappa shape index (κ1) is 16.9. The van der Waals surface area contributed by atoms with Crippen LogP contribution in [0.3, 0.4) is 0 Å². The highest BCUT2D eigenvalue weighted by Crippen LogP contribution is 2.60. The molecule has 0 amide bonds. The van der Waals surface area contributed by atoms with Crippen LogP contribution in [0.1, 0.15) is 16.7 Å². The van der Waals surface area contributed by atoms with Crippen molar-refractivity contribution < 1.29 is 28.5 Å². The van der Waals surface area contributed by atoms with E-state index in [4.69, 9.17) is 4.29 Å². The summed E-state index contributed by atoms with van der Waals surface area (Å²) in [7, 11) is -4.56. The van der Waals surface area contributed by atoms with Gasteiger partial charge in [0.2, 0.25) is 0 Å². The Labute approximate surface area is 144 Å². The third kappa shape index (κ3) is 3.92. The van der Waals surface area contributed by atoms with Crippen molar-refractivity contribution in [3.63, 3.8) is 0 Å². The van der Waals surface area contributed by atoms with Gasteiger partial charge in [0.1, 0.15) is 4.29 Å². The molecular weight excluding hydrogens is 356 g/mol. The first-order valence-electron chi connectivity index (χ1n) is 6.69. The smallest absolute Gasteiger partial charge is 0.183 e. The monoisotopic (exact) mass is 368 g/mol. The maximum Gasteiger partial charge on any atom is 0.348 e. The van der Waals surface area contributed by atoms with Gasteiger partial charge >= 0.3 is 4.27 Å². The van der Waals surface area contributed by atoms with Crippen LogP contribution in [0.15, 0.2) is 60.0 Å². The summed E-state index contributed by atoms with van der Waals surface area (Å²) in [6.07, 6.45) is 0. The van der Waals surface area contributed by atoms with Gasteiger partial charge in [0, 0.05) is 10.5 Å². The molecule has 0 N–H and O–H groups in total. The van der Waals surface area contributed by atoms with Gasteiger partial charge < -0.3 is 0 Å². The Morgan fingerprint density at radius 1 is 0.957 bits per heavy atom. The number of aryl methyl sites for hydroxylation is 1. The minimum Gasteiger partial charge on any atom is -0.183 e. The van der Waals surface area contributed by atoms with Crippen LogP contribution in [0.2, 0.25) is 0 Å². The Morgan fingerprint density at radius 3 is 2.22 bits per heavy atom. The van der Waals surface area contributed by atoms with E-state index in [1.165, 1.54) is 23.5 Å². The molecule has 4 nitrogen and oxygen atoms in total. The van der Waals surface area contributed by atoms with Crippen LogP contribution in [0.25, 0.3) is 4.91 Å². The zero-order chi connectivity index (χ0) is 16.5. The molecule has 120 valence electrons. The number of hydrogen-bond donors (Lipinski definition) is 0. The van der Waals surface area contributed by atoms with Crippen LogP contribution in [-0.4, -0.2) is 0 Å². The molecule has 0 aromatic heterocycles. The zero-order valence-electron chi connectivity index (χ0n) is 12.1. The van der Waals surface area contributed by atoms with Crippen molar-refractivity contribution in [2.24, 2.45) is 0 Å². The van der Waals surface area contributed by atoms with Gasteiger partial charge in [0.25, 0.3) is 0 Å². The molecule has 1 aliphatic rings. The first-order chi connectivity index (χ1) is 10.9. The quantitative estimate of drug-likeness (QED) is 0.813. The minimum atomic E-state index is -4.56. The number of rotatable bonds is 4. The Balaban J connectivity index is 1.95. The van der Waals surface area contributed by atoms with Gasteiger partial charge in [-0.1, -0.05) is 83.7 Å². The second-order valence-corrected chi connectivity index (χ2v) is 8.38. The molecular formula is C16H13ClO4S2. The fourth-order valence-electron chi connectivity index (χ4n) is 2.14. The van der Waals surface area contributed by atoms with Crippen molar-refractivity contribution in [1.29, 1.82) is 0 Å². The molecule has 1 unspecified atom stereocenters. The van der Waals surface area contributed by atoms with Gasteiger partial charge in [-0.25, -0.2) is 0 Å². The summed E-state index contributed by atoms with van der Waals surface area (Å²) in [5.74, 6) is 0. The second-order valence-electron chi connectivity index (χ2n) is 4.95. The summed E-state index contributed by atoms with van der Waals surface area (Å²) in [5.41, 5.74) is 2.60. The van der Waals surface area contributed by atoms with Crippen LogP contribution in [0.5, 0.6) is 0 Å². The molecule has 7 heteroatoms. The second kappa shape index (κ2) is 6.49. The third-order valence-corrected chi connectivity index (χ3v) is 6.66. The summed E-state index contributed by atoms with van der Waals surface area (Å²) >= 11 is 2.38. The van der Waals surface area contributed by atoms with Gasteiger partial charge in [-0.2, -0.15) is 14.0 Å². The Bertz CT molecular complexity index is 713. The molecule has 1 aliphatic heterocycles. The van der Waals surface area contributed by atoms with Crippen LogP contribution >= 0.6 is 23.5 Å².